The number of nitrogens with zero attached hydrogens (tertiary/aromatic N) is 1. The van der Waals surface area contributed by atoms with E-state index in [0.29, 0.717) is 31.1 Å². The Kier molecular flexibility index (Phi) is 6.95. The van der Waals surface area contributed by atoms with Crippen LogP contribution in [-0.4, -0.2) is 31.8 Å². The van der Waals surface area contributed by atoms with Crippen LogP contribution in [0.5, 0.6) is 5.75 Å². The van der Waals surface area contributed by atoms with Crippen molar-refractivity contribution in [3.8, 4) is 5.75 Å². The molecule has 2 fully saturated rings. The minimum Gasteiger partial charge on any atom is -0.493 e. The highest BCUT2D eigenvalue weighted by Crippen LogP contribution is 2.23. The van der Waals surface area contributed by atoms with Crippen molar-refractivity contribution in [1.29, 1.82) is 0 Å². The Balaban J connectivity index is 0.00000192. The lowest BCUT2D eigenvalue weighted by Crippen LogP contribution is -2.33. The zero-order valence-corrected chi connectivity index (χ0v) is 15.9. The minimum absolute atomic E-state index is 0. The Morgan fingerprint density at radius 1 is 1.39 bits per heavy atom. The van der Waals surface area contributed by atoms with Crippen LogP contribution in [0.3, 0.4) is 0 Å². The minimum atomic E-state index is 0. The summed E-state index contributed by atoms with van der Waals surface area (Å²) >= 11 is 0. The summed E-state index contributed by atoms with van der Waals surface area (Å²) in [7, 11) is 0. The summed E-state index contributed by atoms with van der Waals surface area (Å²) in [6.07, 6.45) is 3.47. The lowest BCUT2D eigenvalue weighted by atomic mass is 10.1. The van der Waals surface area contributed by atoms with Crippen LogP contribution in [0.25, 0.3) is 0 Å². The standard InChI is InChI=1S/C17H25N3O2.HI/c1-12-2-3-14(9-19-17(18)20-15-4-5-15)16(8-12)22-11-13-6-7-21-10-13;/h2-3,8,13,15H,4-7,9-11H2,1H3,(H3,18,19,20);1H. The molecule has 1 saturated carbocycles. The number of aliphatic imine (C=N–C) groups is 1. The number of guanidine groups is 1. The predicted molar refractivity (Wildman–Crippen MR) is 102 cm³/mol. The molecule has 23 heavy (non-hydrogen) atoms. The molecule has 1 aromatic carbocycles. The fourth-order valence-electron chi connectivity index (χ4n) is 2.50. The average molecular weight is 431 g/mol. The van der Waals surface area contributed by atoms with E-state index in [2.05, 4.69) is 35.4 Å². The Morgan fingerprint density at radius 3 is 2.91 bits per heavy atom. The van der Waals surface area contributed by atoms with Gasteiger partial charge in [0.2, 0.25) is 0 Å². The molecule has 3 N–H and O–H groups in total. The summed E-state index contributed by atoms with van der Waals surface area (Å²) < 4.78 is 11.4. The van der Waals surface area contributed by atoms with Crippen molar-refractivity contribution >= 4 is 29.9 Å². The largest absolute Gasteiger partial charge is 0.493 e. The summed E-state index contributed by atoms with van der Waals surface area (Å²) in [6, 6.07) is 6.76. The van der Waals surface area contributed by atoms with E-state index in [1.165, 1.54) is 18.4 Å². The third-order valence-corrected chi connectivity index (χ3v) is 4.07. The van der Waals surface area contributed by atoms with Gasteiger partial charge in [-0.2, -0.15) is 0 Å². The van der Waals surface area contributed by atoms with Gasteiger partial charge in [0.05, 0.1) is 19.8 Å². The molecule has 0 spiro atoms. The Labute approximate surface area is 155 Å². The molecule has 1 aliphatic heterocycles. The molecular weight excluding hydrogens is 405 g/mol. The van der Waals surface area contributed by atoms with Crippen LogP contribution in [0.1, 0.15) is 30.4 Å². The molecule has 5 nitrogen and oxygen atoms in total. The maximum atomic E-state index is 6.02. The zero-order chi connectivity index (χ0) is 15.4. The van der Waals surface area contributed by atoms with E-state index in [1.54, 1.807) is 0 Å². The highest BCUT2D eigenvalue weighted by molar-refractivity contribution is 14.0. The number of benzene rings is 1. The first kappa shape index (κ1) is 18.3. The highest BCUT2D eigenvalue weighted by atomic mass is 127. The van der Waals surface area contributed by atoms with Gasteiger partial charge >= 0.3 is 0 Å². The van der Waals surface area contributed by atoms with Gasteiger partial charge in [-0.05, 0) is 37.8 Å². The molecule has 1 aliphatic carbocycles. The second-order valence-electron chi connectivity index (χ2n) is 6.27. The summed E-state index contributed by atoms with van der Waals surface area (Å²) in [5.41, 5.74) is 8.16. The predicted octanol–water partition coefficient (Wildman–Crippen LogP) is 2.60. The number of ether oxygens (including phenoxy) is 2. The number of halogens is 1. The van der Waals surface area contributed by atoms with Gasteiger partial charge in [0, 0.05) is 24.1 Å². The Bertz CT molecular complexity index is 541. The first-order valence-corrected chi connectivity index (χ1v) is 8.07. The van der Waals surface area contributed by atoms with Crippen molar-refractivity contribution in [1.82, 2.24) is 5.32 Å². The summed E-state index contributed by atoms with van der Waals surface area (Å²) in [5, 5.41) is 3.20. The third-order valence-electron chi connectivity index (χ3n) is 4.07. The van der Waals surface area contributed by atoms with Gasteiger partial charge in [-0.25, -0.2) is 4.99 Å². The molecule has 0 aromatic heterocycles. The fraction of sp³-hybridized carbons (Fsp3) is 0.588. The van der Waals surface area contributed by atoms with Crippen LogP contribution in [0.15, 0.2) is 23.2 Å². The van der Waals surface area contributed by atoms with Crippen LogP contribution < -0.4 is 15.8 Å². The molecule has 0 amide bonds. The van der Waals surface area contributed by atoms with E-state index in [1.807, 2.05) is 0 Å². The molecule has 2 aliphatic rings. The van der Waals surface area contributed by atoms with Gasteiger partial charge < -0.3 is 20.5 Å². The van der Waals surface area contributed by atoms with Crippen LogP contribution in [0, 0.1) is 12.8 Å². The van der Waals surface area contributed by atoms with Crippen molar-refractivity contribution in [2.75, 3.05) is 19.8 Å². The van der Waals surface area contributed by atoms with Gasteiger partial charge in [-0.1, -0.05) is 12.1 Å². The summed E-state index contributed by atoms with van der Waals surface area (Å²) in [6.45, 7) is 4.97. The molecule has 0 bridgehead atoms. The average Bonchev–Trinajstić information content (AvgIpc) is 3.15. The van der Waals surface area contributed by atoms with Crippen molar-refractivity contribution in [2.45, 2.75) is 38.8 Å². The zero-order valence-electron chi connectivity index (χ0n) is 13.6. The summed E-state index contributed by atoms with van der Waals surface area (Å²) in [5.74, 6) is 1.94. The quantitative estimate of drug-likeness (QED) is 0.413. The number of nitrogens with one attached hydrogen (secondary N) is 1. The van der Waals surface area contributed by atoms with E-state index in [-0.39, 0.29) is 24.0 Å². The number of rotatable bonds is 6. The molecule has 0 radical (unpaired) electrons. The number of hydrogen-bond acceptors (Lipinski definition) is 3. The van der Waals surface area contributed by atoms with E-state index in [4.69, 9.17) is 15.2 Å². The van der Waals surface area contributed by atoms with Crippen LogP contribution in [0.4, 0.5) is 0 Å². The van der Waals surface area contributed by atoms with Crippen LogP contribution in [-0.2, 0) is 11.3 Å². The molecular formula is C17H26IN3O2. The second kappa shape index (κ2) is 8.73. The third kappa shape index (κ3) is 5.84. The molecule has 1 saturated heterocycles. The van der Waals surface area contributed by atoms with E-state index in [0.717, 1.165) is 30.9 Å². The number of nitrogens with two attached hydrogens (primary N) is 1. The monoisotopic (exact) mass is 431 g/mol. The van der Waals surface area contributed by atoms with Crippen molar-refractivity contribution < 1.29 is 9.47 Å². The van der Waals surface area contributed by atoms with Crippen LogP contribution >= 0.6 is 24.0 Å². The molecule has 1 unspecified atom stereocenters. The maximum absolute atomic E-state index is 6.02. The topological polar surface area (TPSA) is 68.9 Å². The van der Waals surface area contributed by atoms with E-state index >= 15 is 0 Å². The Hall–Kier alpha value is -1.02. The Morgan fingerprint density at radius 2 is 2.22 bits per heavy atom. The van der Waals surface area contributed by atoms with Crippen LogP contribution in [0.2, 0.25) is 0 Å². The molecule has 6 heteroatoms. The molecule has 1 aromatic rings. The number of hydrogen-bond donors (Lipinski definition) is 2. The molecule has 1 atom stereocenters. The van der Waals surface area contributed by atoms with Crippen molar-refractivity contribution in [3.63, 3.8) is 0 Å². The second-order valence-corrected chi connectivity index (χ2v) is 6.27. The lowest BCUT2D eigenvalue weighted by Gasteiger charge is -2.14. The molecule has 3 rings (SSSR count). The molecule has 128 valence electrons. The highest BCUT2D eigenvalue weighted by Gasteiger charge is 2.21. The molecule has 1 heterocycles. The van der Waals surface area contributed by atoms with Gasteiger partial charge in [0.1, 0.15) is 5.75 Å². The maximum Gasteiger partial charge on any atom is 0.189 e. The number of aryl methyl sites for hydroxylation is 1. The van der Waals surface area contributed by atoms with Gasteiger partial charge in [0.15, 0.2) is 5.96 Å². The van der Waals surface area contributed by atoms with Crippen molar-refractivity contribution in [3.05, 3.63) is 29.3 Å². The van der Waals surface area contributed by atoms with E-state index in [9.17, 15) is 0 Å². The van der Waals surface area contributed by atoms with Gasteiger partial charge in [-0.3, -0.25) is 0 Å². The lowest BCUT2D eigenvalue weighted by molar-refractivity contribution is 0.166. The normalized spacial score (nSPS) is 20.9. The first-order valence-electron chi connectivity index (χ1n) is 8.07. The SMILES string of the molecule is Cc1ccc(CN=C(N)NC2CC2)c(OCC2CCOC2)c1.I. The van der Waals surface area contributed by atoms with Gasteiger partial charge in [0.25, 0.3) is 0 Å². The van der Waals surface area contributed by atoms with Gasteiger partial charge in [-0.15, -0.1) is 24.0 Å². The van der Waals surface area contributed by atoms with Crippen molar-refractivity contribution in [2.24, 2.45) is 16.6 Å². The van der Waals surface area contributed by atoms with E-state index < -0.39 is 0 Å². The first-order chi connectivity index (χ1) is 10.7. The smallest absolute Gasteiger partial charge is 0.189 e. The summed E-state index contributed by atoms with van der Waals surface area (Å²) in [4.78, 5) is 4.42. The fourth-order valence-corrected chi connectivity index (χ4v) is 2.50.